The zero-order valence-corrected chi connectivity index (χ0v) is 18.9. The van der Waals surface area contributed by atoms with Crippen LogP contribution in [0.2, 0.25) is 0 Å². The Morgan fingerprint density at radius 3 is 2.39 bits per heavy atom. The molecule has 0 spiro atoms. The van der Waals surface area contributed by atoms with Gasteiger partial charge in [-0.1, -0.05) is 36.4 Å². The summed E-state index contributed by atoms with van der Waals surface area (Å²) in [6.07, 6.45) is 0.920. The van der Waals surface area contributed by atoms with Crippen molar-refractivity contribution in [1.29, 1.82) is 0 Å². The third-order valence-corrected chi connectivity index (χ3v) is 5.96. The third-order valence-electron chi connectivity index (χ3n) is 4.85. The maximum absolute atomic E-state index is 13.1. The zero-order valence-electron chi connectivity index (χ0n) is 18.1. The molecule has 166 valence electrons. The maximum atomic E-state index is 13.1. The molecule has 1 atom stereocenters. The van der Waals surface area contributed by atoms with Crippen molar-refractivity contribution in [2.24, 2.45) is 0 Å². The lowest BCUT2D eigenvalue weighted by Crippen LogP contribution is -2.46. The molecular formula is C23H27NO6S. The molecule has 8 heteroatoms. The molecular weight excluding hydrogens is 418 g/mol. The normalized spacial score (nSPS) is 16.4. The van der Waals surface area contributed by atoms with Gasteiger partial charge in [-0.15, -0.1) is 0 Å². The minimum Gasteiger partial charge on any atom is -0.459 e. The monoisotopic (exact) mass is 445 g/mol. The van der Waals surface area contributed by atoms with Crippen molar-refractivity contribution in [3.63, 3.8) is 0 Å². The van der Waals surface area contributed by atoms with Gasteiger partial charge in [-0.25, -0.2) is 18.0 Å². The first kappa shape index (κ1) is 22.8. The van der Waals surface area contributed by atoms with E-state index in [2.05, 4.69) is 0 Å². The van der Waals surface area contributed by atoms with E-state index in [4.69, 9.17) is 9.47 Å². The lowest BCUT2D eigenvalue weighted by atomic mass is 9.93. The van der Waals surface area contributed by atoms with Gasteiger partial charge in [0.05, 0.1) is 4.90 Å². The van der Waals surface area contributed by atoms with Gasteiger partial charge in [0.1, 0.15) is 12.2 Å². The van der Waals surface area contributed by atoms with Crippen LogP contribution in [-0.2, 0) is 37.1 Å². The topological polar surface area (TPSA) is 90.0 Å². The summed E-state index contributed by atoms with van der Waals surface area (Å²) >= 11 is 0. The van der Waals surface area contributed by atoms with Crippen LogP contribution in [0.25, 0.3) is 0 Å². The Kier molecular flexibility index (Phi) is 6.40. The molecule has 2 aromatic rings. The lowest BCUT2D eigenvalue weighted by molar-refractivity contribution is -0.152. The van der Waals surface area contributed by atoms with Gasteiger partial charge in [-0.05, 0) is 56.0 Å². The van der Waals surface area contributed by atoms with Crippen LogP contribution in [0.15, 0.2) is 53.4 Å². The molecule has 3 rings (SSSR count). The second-order valence-corrected chi connectivity index (χ2v) is 10.6. The number of carbonyl (C=O) groups excluding carboxylic acids is 2. The number of benzene rings is 2. The van der Waals surface area contributed by atoms with E-state index in [9.17, 15) is 18.0 Å². The predicted octanol–water partition coefficient (Wildman–Crippen LogP) is 3.67. The average Bonchev–Trinajstić information content (AvgIpc) is 2.69. The quantitative estimate of drug-likeness (QED) is 0.667. The summed E-state index contributed by atoms with van der Waals surface area (Å²) < 4.78 is 34.9. The first-order valence-corrected chi connectivity index (χ1v) is 11.9. The number of nitrogens with zero attached hydrogens (tertiary/aromatic N) is 1. The minimum absolute atomic E-state index is 0.0646. The summed E-state index contributed by atoms with van der Waals surface area (Å²) in [4.78, 5) is 27.5. The van der Waals surface area contributed by atoms with E-state index in [1.54, 1.807) is 32.9 Å². The molecule has 0 N–H and O–H groups in total. The highest BCUT2D eigenvalue weighted by Gasteiger charge is 2.39. The molecule has 2 aromatic carbocycles. The van der Waals surface area contributed by atoms with Crippen LogP contribution in [0.5, 0.6) is 0 Å². The fourth-order valence-electron chi connectivity index (χ4n) is 3.41. The molecule has 1 aliphatic rings. The second kappa shape index (κ2) is 8.70. The van der Waals surface area contributed by atoms with Crippen LogP contribution >= 0.6 is 0 Å². The highest BCUT2D eigenvalue weighted by atomic mass is 32.2. The van der Waals surface area contributed by atoms with E-state index < -0.39 is 33.5 Å². The van der Waals surface area contributed by atoms with Gasteiger partial charge in [0.2, 0.25) is 0 Å². The Hall–Kier alpha value is -2.87. The summed E-state index contributed by atoms with van der Waals surface area (Å²) in [5, 5.41) is 0. The number of ether oxygens (including phenoxy) is 2. The Bertz CT molecular complexity index is 1070. The van der Waals surface area contributed by atoms with E-state index in [1.807, 2.05) is 30.3 Å². The third kappa shape index (κ3) is 5.64. The Morgan fingerprint density at radius 1 is 1.10 bits per heavy atom. The Balaban J connectivity index is 1.94. The highest BCUT2D eigenvalue weighted by molar-refractivity contribution is 7.90. The number of hydrogen-bond acceptors (Lipinski definition) is 6. The molecule has 0 aromatic heterocycles. The predicted molar refractivity (Wildman–Crippen MR) is 115 cm³/mol. The summed E-state index contributed by atoms with van der Waals surface area (Å²) in [6.45, 7) is 5.53. The molecule has 31 heavy (non-hydrogen) atoms. The summed E-state index contributed by atoms with van der Waals surface area (Å²) in [5.41, 5.74) is 1.34. The van der Waals surface area contributed by atoms with Gasteiger partial charge in [0.15, 0.2) is 15.9 Å². The van der Waals surface area contributed by atoms with Crippen molar-refractivity contribution >= 4 is 21.9 Å². The van der Waals surface area contributed by atoms with E-state index in [-0.39, 0.29) is 18.0 Å². The molecule has 0 saturated heterocycles. The van der Waals surface area contributed by atoms with Gasteiger partial charge in [0.25, 0.3) is 0 Å². The van der Waals surface area contributed by atoms with Gasteiger partial charge < -0.3 is 9.47 Å². The number of rotatable bonds is 4. The van der Waals surface area contributed by atoms with Crippen LogP contribution < -0.4 is 0 Å². The van der Waals surface area contributed by atoms with Crippen LogP contribution in [0.4, 0.5) is 4.79 Å². The van der Waals surface area contributed by atoms with Gasteiger partial charge in [-0.2, -0.15) is 0 Å². The van der Waals surface area contributed by atoms with Crippen molar-refractivity contribution in [3.05, 3.63) is 65.2 Å². The standard InChI is InChI=1S/C23H27NO6S/c1-23(2,3)30-22(26)24-13-12-17-14-18(31(4,27)28)10-11-19(17)20(24)21(25)29-15-16-8-6-5-7-9-16/h5-11,14,20H,12-13,15H2,1-4H3. The zero-order chi connectivity index (χ0) is 22.8. The van der Waals surface area contributed by atoms with Crippen LogP contribution in [0.1, 0.15) is 43.5 Å². The SMILES string of the molecule is CC(C)(C)OC(=O)N1CCc2cc(S(C)(=O)=O)ccc2C1C(=O)OCc1ccccc1. The Labute approximate surface area is 182 Å². The first-order chi connectivity index (χ1) is 14.5. The van der Waals surface area contributed by atoms with Crippen LogP contribution in [0.3, 0.4) is 0 Å². The number of fused-ring (bicyclic) bond motifs is 1. The van der Waals surface area contributed by atoms with Crippen molar-refractivity contribution in [3.8, 4) is 0 Å². The van der Waals surface area contributed by atoms with E-state index in [0.29, 0.717) is 17.5 Å². The van der Waals surface area contributed by atoms with Crippen molar-refractivity contribution in [1.82, 2.24) is 4.90 Å². The summed E-state index contributed by atoms with van der Waals surface area (Å²) in [7, 11) is -3.40. The average molecular weight is 446 g/mol. The summed E-state index contributed by atoms with van der Waals surface area (Å²) in [5.74, 6) is -0.595. The molecule has 0 fully saturated rings. The maximum Gasteiger partial charge on any atom is 0.411 e. The van der Waals surface area contributed by atoms with E-state index in [1.165, 1.54) is 11.0 Å². The van der Waals surface area contributed by atoms with Gasteiger partial charge >= 0.3 is 12.1 Å². The van der Waals surface area contributed by atoms with E-state index >= 15 is 0 Å². The molecule has 1 heterocycles. The second-order valence-electron chi connectivity index (χ2n) is 8.55. The van der Waals surface area contributed by atoms with Crippen LogP contribution in [-0.4, -0.2) is 43.8 Å². The van der Waals surface area contributed by atoms with E-state index in [0.717, 1.165) is 11.8 Å². The molecule has 0 radical (unpaired) electrons. The fourth-order valence-corrected chi connectivity index (χ4v) is 4.08. The fraction of sp³-hybridized carbons (Fsp3) is 0.391. The number of hydrogen-bond donors (Lipinski definition) is 0. The summed E-state index contributed by atoms with van der Waals surface area (Å²) in [6, 6.07) is 12.8. The largest absolute Gasteiger partial charge is 0.459 e. The number of carbonyl (C=O) groups is 2. The smallest absolute Gasteiger partial charge is 0.411 e. The molecule has 1 amide bonds. The minimum atomic E-state index is -3.40. The van der Waals surface area contributed by atoms with Crippen molar-refractivity contribution in [2.75, 3.05) is 12.8 Å². The van der Waals surface area contributed by atoms with Gasteiger partial charge in [0, 0.05) is 12.8 Å². The molecule has 1 unspecified atom stereocenters. The van der Waals surface area contributed by atoms with Crippen molar-refractivity contribution < 1.29 is 27.5 Å². The molecule has 1 aliphatic heterocycles. The molecule has 0 aliphatic carbocycles. The molecule has 0 bridgehead atoms. The van der Waals surface area contributed by atoms with Crippen molar-refractivity contribution in [2.45, 2.75) is 50.3 Å². The molecule has 7 nitrogen and oxygen atoms in total. The highest BCUT2D eigenvalue weighted by Crippen LogP contribution is 2.33. The van der Waals surface area contributed by atoms with Crippen LogP contribution in [0, 0.1) is 0 Å². The molecule has 0 saturated carbocycles. The first-order valence-electron chi connectivity index (χ1n) is 9.99. The number of amides is 1. The lowest BCUT2D eigenvalue weighted by Gasteiger charge is -2.36. The Morgan fingerprint density at radius 2 is 1.77 bits per heavy atom. The number of esters is 1. The van der Waals surface area contributed by atoms with Gasteiger partial charge in [-0.3, -0.25) is 4.90 Å². The number of sulfone groups is 1.